The van der Waals surface area contributed by atoms with E-state index < -0.39 is 4.92 Å². The molecule has 0 aliphatic carbocycles. The highest BCUT2D eigenvalue weighted by molar-refractivity contribution is 5.83. The summed E-state index contributed by atoms with van der Waals surface area (Å²) in [6, 6.07) is 12.3. The predicted octanol–water partition coefficient (Wildman–Crippen LogP) is 3.07. The lowest BCUT2D eigenvalue weighted by Crippen LogP contribution is -2.40. The van der Waals surface area contributed by atoms with Crippen molar-refractivity contribution in [1.82, 2.24) is 4.98 Å². The highest BCUT2D eigenvalue weighted by atomic mass is 16.6. The van der Waals surface area contributed by atoms with Crippen LogP contribution in [0.25, 0.3) is 11.3 Å². The van der Waals surface area contributed by atoms with Gasteiger partial charge in [-0.1, -0.05) is 37.3 Å². The highest BCUT2D eigenvalue weighted by Gasteiger charge is 2.26. The molecule has 1 fully saturated rings. The summed E-state index contributed by atoms with van der Waals surface area (Å²) in [5.74, 6) is 0.890. The van der Waals surface area contributed by atoms with Crippen molar-refractivity contribution in [3.05, 3.63) is 52.6 Å². The summed E-state index contributed by atoms with van der Waals surface area (Å²) in [6.45, 7) is 3.10. The molecule has 1 atom stereocenters. The number of carbonyl (C=O) groups is 1. The van der Waals surface area contributed by atoms with Crippen LogP contribution < -0.4 is 4.90 Å². The number of hydrogen-bond acceptors (Lipinski definition) is 5. The fraction of sp³-hybridized carbons (Fsp3) is 0.294. The van der Waals surface area contributed by atoms with Gasteiger partial charge in [0, 0.05) is 37.1 Å². The van der Waals surface area contributed by atoms with Crippen LogP contribution in [0, 0.1) is 16.0 Å². The molecule has 6 heteroatoms. The van der Waals surface area contributed by atoms with E-state index in [-0.39, 0.29) is 17.4 Å². The van der Waals surface area contributed by atoms with Crippen molar-refractivity contribution < 1.29 is 9.72 Å². The topological polar surface area (TPSA) is 76.3 Å². The number of ketones is 1. The van der Waals surface area contributed by atoms with Gasteiger partial charge < -0.3 is 4.90 Å². The first kappa shape index (κ1) is 15.1. The van der Waals surface area contributed by atoms with Crippen LogP contribution in [-0.4, -0.2) is 28.8 Å². The van der Waals surface area contributed by atoms with Gasteiger partial charge in [0.1, 0.15) is 11.6 Å². The summed E-state index contributed by atoms with van der Waals surface area (Å²) in [5, 5.41) is 11.3. The molecule has 0 bridgehead atoms. The van der Waals surface area contributed by atoms with E-state index in [9.17, 15) is 14.9 Å². The fourth-order valence-corrected chi connectivity index (χ4v) is 2.80. The SMILES string of the molecule is CC1CN(c2ccc([N+](=O)[O-])c(-c3ccccc3)n2)CCC1=O. The molecule has 3 rings (SSSR count). The number of Topliss-reactive ketones (excluding diaryl/α,β-unsaturated/α-hetero) is 1. The van der Waals surface area contributed by atoms with Gasteiger partial charge in [0.25, 0.3) is 5.69 Å². The minimum atomic E-state index is -0.415. The van der Waals surface area contributed by atoms with Crippen molar-refractivity contribution in [2.45, 2.75) is 13.3 Å². The summed E-state index contributed by atoms with van der Waals surface area (Å²) in [7, 11) is 0. The number of aromatic nitrogens is 1. The van der Waals surface area contributed by atoms with Crippen molar-refractivity contribution in [2.24, 2.45) is 5.92 Å². The van der Waals surface area contributed by atoms with Gasteiger partial charge in [0.05, 0.1) is 4.92 Å². The number of hydrogen-bond donors (Lipinski definition) is 0. The van der Waals surface area contributed by atoms with Crippen LogP contribution >= 0.6 is 0 Å². The Balaban J connectivity index is 2.01. The Morgan fingerprint density at radius 3 is 2.61 bits per heavy atom. The number of nitrogens with zero attached hydrogens (tertiary/aromatic N) is 3. The van der Waals surface area contributed by atoms with Gasteiger partial charge >= 0.3 is 0 Å². The van der Waals surface area contributed by atoms with Crippen LogP contribution in [0.2, 0.25) is 0 Å². The van der Waals surface area contributed by atoms with Gasteiger partial charge in [-0.15, -0.1) is 0 Å². The molecule has 2 aromatic rings. The molecular formula is C17H17N3O3. The third kappa shape index (κ3) is 3.06. The van der Waals surface area contributed by atoms with Crippen molar-refractivity contribution in [2.75, 3.05) is 18.0 Å². The van der Waals surface area contributed by atoms with E-state index in [1.54, 1.807) is 6.07 Å². The van der Waals surface area contributed by atoms with E-state index >= 15 is 0 Å². The Labute approximate surface area is 133 Å². The van der Waals surface area contributed by atoms with Crippen molar-refractivity contribution in [1.29, 1.82) is 0 Å². The first-order valence-corrected chi connectivity index (χ1v) is 7.55. The number of nitro groups is 1. The second kappa shape index (κ2) is 6.16. The molecule has 1 saturated heterocycles. The molecule has 1 aliphatic rings. The minimum Gasteiger partial charge on any atom is -0.355 e. The monoisotopic (exact) mass is 311 g/mol. The zero-order valence-electron chi connectivity index (χ0n) is 12.8. The molecule has 1 unspecified atom stereocenters. The molecule has 2 heterocycles. The Morgan fingerprint density at radius 2 is 1.96 bits per heavy atom. The van der Waals surface area contributed by atoms with Gasteiger partial charge in [-0.25, -0.2) is 4.98 Å². The fourth-order valence-electron chi connectivity index (χ4n) is 2.80. The number of piperidine rings is 1. The van der Waals surface area contributed by atoms with Gasteiger partial charge in [-0.3, -0.25) is 14.9 Å². The summed E-state index contributed by atoms with van der Waals surface area (Å²) in [4.78, 5) is 29.1. The standard InChI is InChI=1S/C17H17N3O3/c1-12-11-19(10-9-15(12)21)16-8-7-14(20(22)23)17(18-16)13-5-3-2-4-6-13/h2-8,12H,9-11H2,1H3. The van der Waals surface area contributed by atoms with Crippen molar-refractivity contribution >= 4 is 17.3 Å². The molecular weight excluding hydrogens is 294 g/mol. The Kier molecular flexibility index (Phi) is 4.06. The van der Waals surface area contributed by atoms with Crippen LogP contribution in [0.3, 0.4) is 0 Å². The molecule has 1 aromatic heterocycles. The Morgan fingerprint density at radius 1 is 1.22 bits per heavy atom. The van der Waals surface area contributed by atoms with Crippen LogP contribution in [0.4, 0.5) is 11.5 Å². The zero-order chi connectivity index (χ0) is 16.4. The molecule has 0 saturated carbocycles. The average Bonchev–Trinajstić information content (AvgIpc) is 2.57. The Hall–Kier alpha value is -2.76. The number of rotatable bonds is 3. The normalized spacial score (nSPS) is 18.0. The third-order valence-electron chi connectivity index (χ3n) is 4.10. The third-order valence-corrected chi connectivity index (χ3v) is 4.10. The van der Waals surface area contributed by atoms with Crippen molar-refractivity contribution in [3.8, 4) is 11.3 Å². The first-order chi connectivity index (χ1) is 11.1. The van der Waals surface area contributed by atoms with Gasteiger partial charge in [-0.2, -0.15) is 0 Å². The molecule has 0 radical (unpaired) electrons. The summed E-state index contributed by atoms with van der Waals surface area (Å²) in [6.07, 6.45) is 0.487. The van der Waals surface area contributed by atoms with Crippen LogP contribution in [0.15, 0.2) is 42.5 Å². The lowest BCUT2D eigenvalue weighted by atomic mass is 9.98. The van der Waals surface area contributed by atoms with Crippen LogP contribution in [0.1, 0.15) is 13.3 Å². The second-order valence-corrected chi connectivity index (χ2v) is 5.72. The molecule has 0 N–H and O–H groups in total. The van der Waals surface area contributed by atoms with Crippen molar-refractivity contribution in [3.63, 3.8) is 0 Å². The smallest absolute Gasteiger partial charge is 0.295 e. The molecule has 0 amide bonds. The predicted molar refractivity (Wildman–Crippen MR) is 87.3 cm³/mol. The molecule has 0 spiro atoms. The maximum atomic E-state index is 11.7. The zero-order valence-corrected chi connectivity index (χ0v) is 12.8. The quantitative estimate of drug-likeness (QED) is 0.643. The molecule has 23 heavy (non-hydrogen) atoms. The first-order valence-electron chi connectivity index (χ1n) is 7.55. The van der Waals surface area contributed by atoms with E-state index in [0.717, 1.165) is 0 Å². The van der Waals surface area contributed by atoms with Gasteiger partial charge in [-0.05, 0) is 6.07 Å². The number of benzene rings is 1. The van der Waals surface area contributed by atoms with Crippen LogP contribution in [-0.2, 0) is 4.79 Å². The average molecular weight is 311 g/mol. The molecule has 6 nitrogen and oxygen atoms in total. The lowest BCUT2D eigenvalue weighted by Gasteiger charge is -2.31. The van der Waals surface area contributed by atoms with Gasteiger partial charge in [0.15, 0.2) is 5.69 Å². The van der Waals surface area contributed by atoms with Gasteiger partial charge in [0.2, 0.25) is 0 Å². The lowest BCUT2D eigenvalue weighted by molar-refractivity contribution is -0.384. The molecule has 1 aromatic carbocycles. The summed E-state index contributed by atoms with van der Waals surface area (Å²) in [5.41, 5.74) is 1.06. The highest BCUT2D eigenvalue weighted by Crippen LogP contribution is 2.31. The largest absolute Gasteiger partial charge is 0.355 e. The van der Waals surface area contributed by atoms with E-state index in [2.05, 4.69) is 4.98 Å². The van der Waals surface area contributed by atoms with E-state index in [1.807, 2.05) is 42.2 Å². The minimum absolute atomic E-state index is 0.0129. The van der Waals surface area contributed by atoms with E-state index in [4.69, 9.17) is 0 Å². The number of anilines is 1. The second-order valence-electron chi connectivity index (χ2n) is 5.72. The Bertz CT molecular complexity index is 746. The molecule has 118 valence electrons. The number of pyridine rings is 1. The maximum Gasteiger partial charge on any atom is 0.295 e. The number of carbonyl (C=O) groups excluding carboxylic acids is 1. The summed E-state index contributed by atoms with van der Waals surface area (Å²) >= 11 is 0. The van der Waals surface area contributed by atoms with Crippen LogP contribution in [0.5, 0.6) is 0 Å². The van der Waals surface area contributed by atoms with E-state index in [1.165, 1.54) is 6.07 Å². The maximum absolute atomic E-state index is 11.7. The van der Waals surface area contributed by atoms with E-state index in [0.29, 0.717) is 36.6 Å². The summed E-state index contributed by atoms with van der Waals surface area (Å²) < 4.78 is 0. The molecule has 1 aliphatic heterocycles.